The summed E-state index contributed by atoms with van der Waals surface area (Å²) in [5.41, 5.74) is 0.625. The lowest BCUT2D eigenvalue weighted by atomic mass is 9.94. The van der Waals surface area contributed by atoms with Gasteiger partial charge in [-0.1, -0.05) is 45.0 Å². The van der Waals surface area contributed by atoms with Crippen molar-refractivity contribution in [3.05, 3.63) is 41.8 Å². The molecule has 2 heterocycles. The molecule has 0 bridgehead atoms. The van der Waals surface area contributed by atoms with Gasteiger partial charge in [0.15, 0.2) is 11.5 Å². The highest BCUT2D eigenvalue weighted by atomic mass is 19.1. The molecular formula is C22H28FN3O3. The van der Waals surface area contributed by atoms with Crippen LogP contribution < -0.4 is 5.32 Å². The van der Waals surface area contributed by atoms with E-state index in [4.69, 9.17) is 4.52 Å². The molecule has 1 N–H and O–H groups in total. The van der Waals surface area contributed by atoms with E-state index in [0.29, 0.717) is 30.2 Å². The number of nitrogens with zero attached hydrogens (tertiary/aromatic N) is 2. The lowest BCUT2D eigenvalue weighted by molar-refractivity contribution is -0.130. The van der Waals surface area contributed by atoms with Gasteiger partial charge in [-0.2, -0.15) is 0 Å². The van der Waals surface area contributed by atoms with Crippen molar-refractivity contribution in [1.29, 1.82) is 0 Å². The van der Waals surface area contributed by atoms with E-state index >= 15 is 0 Å². The summed E-state index contributed by atoms with van der Waals surface area (Å²) < 4.78 is 18.8. The lowest BCUT2D eigenvalue weighted by Gasteiger charge is -2.40. The summed E-state index contributed by atoms with van der Waals surface area (Å²) in [6, 6.07) is 6.79. The number of amides is 2. The topological polar surface area (TPSA) is 75.4 Å². The Morgan fingerprint density at radius 3 is 2.62 bits per heavy atom. The summed E-state index contributed by atoms with van der Waals surface area (Å²) >= 11 is 0. The van der Waals surface area contributed by atoms with Crippen molar-refractivity contribution in [2.24, 2.45) is 11.8 Å². The molecule has 0 spiro atoms. The molecule has 6 nitrogen and oxygen atoms in total. The van der Waals surface area contributed by atoms with Crippen molar-refractivity contribution in [2.45, 2.75) is 52.6 Å². The minimum atomic E-state index is -0.541. The van der Waals surface area contributed by atoms with Gasteiger partial charge in [-0.15, -0.1) is 0 Å². The molecule has 2 atom stereocenters. The first-order valence-corrected chi connectivity index (χ1v) is 10.1. The maximum absolute atomic E-state index is 13.5. The maximum Gasteiger partial charge on any atom is 0.276 e. The van der Waals surface area contributed by atoms with Gasteiger partial charge in [-0.25, -0.2) is 4.39 Å². The number of piperazine rings is 1. The molecule has 2 amide bonds. The Labute approximate surface area is 170 Å². The van der Waals surface area contributed by atoms with Crippen molar-refractivity contribution in [3.63, 3.8) is 0 Å². The number of hydrogen-bond acceptors (Lipinski definition) is 4. The maximum atomic E-state index is 13.5. The number of halogens is 1. The van der Waals surface area contributed by atoms with Gasteiger partial charge >= 0.3 is 0 Å². The molecule has 1 aliphatic heterocycles. The second kappa shape index (κ2) is 8.76. The van der Waals surface area contributed by atoms with E-state index < -0.39 is 11.9 Å². The Kier molecular flexibility index (Phi) is 6.35. The Morgan fingerprint density at radius 1 is 1.24 bits per heavy atom. The SMILES string of the molecule is CC(C)C[C@H]1CN(C(=O)c2cc(-c3cccc(F)c3)on2)[C@@H](CC(C)C)C(=O)N1. The van der Waals surface area contributed by atoms with Gasteiger partial charge in [0.1, 0.15) is 11.9 Å². The van der Waals surface area contributed by atoms with E-state index in [0.717, 1.165) is 6.42 Å². The minimum absolute atomic E-state index is 0.0931. The molecule has 0 radical (unpaired) electrons. The van der Waals surface area contributed by atoms with Crippen molar-refractivity contribution in [2.75, 3.05) is 6.54 Å². The number of nitrogens with one attached hydrogen (secondary N) is 1. The third-order valence-electron chi connectivity index (χ3n) is 4.99. The van der Waals surface area contributed by atoms with Crippen LogP contribution in [0.3, 0.4) is 0 Å². The number of benzene rings is 1. The quantitative estimate of drug-likeness (QED) is 0.797. The van der Waals surface area contributed by atoms with E-state index in [-0.39, 0.29) is 29.5 Å². The third-order valence-corrected chi connectivity index (χ3v) is 4.99. The van der Waals surface area contributed by atoms with E-state index in [1.54, 1.807) is 17.0 Å². The second-order valence-electron chi connectivity index (χ2n) is 8.52. The van der Waals surface area contributed by atoms with Gasteiger partial charge in [-0.3, -0.25) is 9.59 Å². The summed E-state index contributed by atoms with van der Waals surface area (Å²) in [5, 5.41) is 6.96. The monoisotopic (exact) mass is 401 g/mol. The third kappa shape index (κ3) is 5.02. The summed E-state index contributed by atoms with van der Waals surface area (Å²) in [7, 11) is 0. The summed E-state index contributed by atoms with van der Waals surface area (Å²) in [6.45, 7) is 8.65. The molecular weight excluding hydrogens is 373 g/mol. The van der Waals surface area contributed by atoms with Crippen LogP contribution in [-0.4, -0.2) is 40.5 Å². The fourth-order valence-electron chi connectivity index (χ4n) is 3.76. The molecule has 0 aliphatic carbocycles. The normalized spacial score (nSPS) is 19.7. The Balaban J connectivity index is 1.86. The van der Waals surface area contributed by atoms with Crippen molar-refractivity contribution >= 4 is 11.8 Å². The number of aromatic nitrogens is 1. The van der Waals surface area contributed by atoms with Crippen molar-refractivity contribution in [1.82, 2.24) is 15.4 Å². The highest BCUT2D eigenvalue weighted by Gasteiger charge is 2.38. The molecule has 1 fully saturated rings. The van der Waals surface area contributed by atoms with Crippen LogP contribution in [-0.2, 0) is 4.79 Å². The highest BCUT2D eigenvalue weighted by Crippen LogP contribution is 2.25. The smallest absolute Gasteiger partial charge is 0.276 e. The number of hydrogen-bond donors (Lipinski definition) is 1. The summed E-state index contributed by atoms with van der Waals surface area (Å²) in [6.07, 6.45) is 1.36. The van der Waals surface area contributed by atoms with Crippen LogP contribution in [0.25, 0.3) is 11.3 Å². The Hall–Kier alpha value is -2.70. The molecule has 0 saturated carbocycles. The van der Waals surface area contributed by atoms with Gasteiger partial charge in [0.05, 0.1) is 0 Å². The molecule has 3 rings (SSSR count). The van der Waals surface area contributed by atoms with Crippen molar-refractivity contribution < 1.29 is 18.5 Å². The average Bonchev–Trinajstić information content (AvgIpc) is 3.12. The molecule has 2 aromatic rings. The Morgan fingerprint density at radius 2 is 1.97 bits per heavy atom. The second-order valence-corrected chi connectivity index (χ2v) is 8.52. The van der Waals surface area contributed by atoms with Crippen LogP contribution >= 0.6 is 0 Å². The van der Waals surface area contributed by atoms with E-state index in [1.165, 1.54) is 18.2 Å². The molecule has 1 aromatic carbocycles. The summed E-state index contributed by atoms with van der Waals surface area (Å²) in [5.74, 6) is 0.0957. The van der Waals surface area contributed by atoms with E-state index in [2.05, 4.69) is 24.3 Å². The average molecular weight is 401 g/mol. The van der Waals surface area contributed by atoms with Crippen LogP contribution in [0, 0.1) is 17.7 Å². The number of rotatable bonds is 6. The predicted octanol–water partition coefficient (Wildman–Crippen LogP) is 3.88. The Bertz CT molecular complexity index is 878. The predicted molar refractivity (Wildman–Crippen MR) is 108 cm³/mol. The first-order chi connectivity index (χ1) is 13.7. The van der Waals surface area contributed by atoms with Crippen LogP contribution in [0.15, 0.2) is 34.9 Å². The molecule has 7 heteroatoms. The first-order valence-electron chi connectivity index (χ1n) is 10.1. The lowest BCUT2D eigenvalue weighted by Crippen LogP contribution is -2.62. The standard InChI is InChI=1S/C22H28FN3O3/c1-13(2)8-17-12-26(19(9-14(3)4)21(27)24-17)22(28)18-11-20(29-25-18)15-6-5-7-16(23)10-15/h5-7,10-11,13-14,17,19H,8-9,12H2,1-4H3,(H,24,27)/t17-,19-/m0/s1. The number of carbonyl (C=O) groups excluding carboxylic acids is 2. The zero-order valence-electron chi connectivity index (χ0n) is 17.3. The molecule has 1 saturated heterocycles. The molecule has 29 heavy (non-hydrogen) atoms. The van der Waals surface area contributed by atoms with Gasteiger partial charge in [-0.05, 0) is 36.8 Å². The zero-order valence-corrected chi connectivity index (χ0v) is 17.3. The highest BCUT2D eigenvalue weighted by molar-refractivity contribution is 5.97. The first kappa shape index (κ1) is 21.0. The van der Waals surface area contributed by atoms with Crippen LogP contribution in [0.1, 0.15) is 51.0 Å². The zero-order chi connectivity index (χ0) is 21.1. The fourth-order valence-corrected chi connectivity index (χ4v) is 3.76. The summed E-state index contributed by atoms with van der Waals surface area (Å²) in [4.78, 5) is 27.6. The van der Waals surface area contributed by atoms with Gasteiger partial charge in [0.25, 0.3) is 5.91 Å². The van der Waals surface area contributed by atoms with Gasteiger partial charge in [0, 0.05) is 24.2 Å². The van der Waals surface area contributed by atoms with Gasteiger partial charge in [0.2, 0.25) is 5.91 Å². The van der Waals surface area contributed by atoms with E-state index in [9.17, 15) is 14.0 Å². The van der Waals surface area contributed by atoms with Crippen LogP contribution in [0.2, 0.25) is 0 Å². The number of carbonyl (C=O) groups is 2. The molecule has 1 aliphatic rings. The van der Waals surface area contributed by atoms with Crippen LogP contribution in [0.5, 0.6) is 0 Å². The fraction of sp³-hybridized carbons (Fsp3) is 0.500. The van der Waals surface area contributed by atoms with E-state index in [1.807, 2.05) is 13.8 Å². The van der Waals surface area contributed by atoms with Gasteiger partial charge < -0.3 is 14.7 Å². The molecule has 1 aromatic heterocycles. The van der Waals surface area contributed by atoms with Crippen LogP contribution in [0.4, 0.5) is 4.39 Å². The largest absolute Gasteiger partial charge is 0.355 e. The molecule has 0 unspecified atom stereocenters. The van der Waals surface area contributed by atoms with Crippen molar-refractivity contribution in [3.8, 4) is 11.3 Å². The minimum Gasteiger partial charge on any atom is -0.355 e. The molecule has 156 valence electrons.